The van der Waals surface area contributed by atoms with Crippen molar-refractivity contribution in [1.82, 2.24) is 0 Å². The zero-order valence-corrected chi connectivity index (χ0v) is 12.3. The Labute approximate surface area is 117 Å². The van der Waals surface area contributed by atoms with Crippen LogP contribution in [0.15, 0.2) is 24.3 Å². The molecule has 19 heavy (non-hydrogen) atoms. The average Bonchev–Trinajstić information content (AvgIpc) is 2.46. The Morgan fingerprint density at radius 1 is 0.947 bits per heavy atom. The molecule has 0 saturated heterocycles. The van der Waals surface area contributed by atoms with Crippen molar-refractivity contribution in [3.05, 3.63) is 35.4 Å². The number of esters is 1. The average molecular weight is 262 g/mol. The van der Waals surface area contributed by atoms with Crippen LogP contribution in [0.5, 0.6) is 0 Å². The maximum atomic E-state index is 11.3. The minimum Gasteiger partial charge on any atom is -0.465 e. The molecule has 1 aromatic carbocycles. The molecule has 0 spiro atoms. The first-order valence-electron chi connectivity index (χ1n) is 7.45. The third-order valence-corrected chi connectivity index (χ3v) is 3.44. The Morgan fingerprint density at radius 2 is 1.53 bits per heavy atom. The van der Waals surface area contributed by atoms with E-state index in [2.05, 4.69) is 11.7 Å². The number of aryl methyl sites for hydroxylation is 1. The number of unbranched alkanes of at least 4 members (excludes halogenated alkanes) is 6. The lowest BCUT2D eigenvalue weighted by Crippen LogP contribution is -2.00. The molecule has 0 saturated carbocycles. The van der Waals surface area contributed by atoms with Gasteiger partial charge in [0.25, 0.3) is 0 Å². The van der Waals surface area contributed by atoms with Gasteiger partial charge in [0.1, 0.15) is 0 Å². The monoisotopic (exact) mass is 262 g/mol. The van der Waals surface area contributed by atoms with Gasteiger partial charge in [-0.3, -0.25) is 0 Å². The fraction of sp³-hybridized carbons (Fsp3) is 0.588. The van der Waals surface area contributed by atoms with Gasteiger partial charge in [-0.1, -0.05) is 57.6 Å². The lowest BCUT2D eigenvalue weighted by molar-refractivity contribution is 0.0600. The van der Waals surface area contributed by atoms with Crippen LogP contribution >= 0.6 is 0 Å². The molecule has 0 atom stereocenters. The SMILES string of the molecule is CCCCCCCCCc1ccc(C(=O)OC)cc1. The van der Waals surface area contributed by atoms with E-state index in [-0.39, 0.29) is 5.97 Å². The van der Waals surface area contributed by atoms with Gasteiger partial charge in [-0.2, -0.15) is 0 Å². The zero-order valence-electron chi connectivity index (χ0n) is 12.3. The molecule has 0 radical (unpaired) electrons. The third-order valence-electron chi connectivity index (χ3n) is 3.44. The summed E-state index contributed by atoms with van der Waals surface area (Å²) in [5, 5.41) is 0. The van der Waals surface area contributed by atoms with Crippen molar-refractivity contribution in [2.75, 3.05) is 7.11 Å². The molecule has 0 bridgehead atoms. The molecule has 1 rings (SSSR count). The summed E-state index contributed by atoms with van der Waals surface area (Å²) in [4.78, 5) is 11.3. The molecule has 0 aliphatic rings. The maximum absolute atomic E-state index is 11.3. The van der Waals surface area contributed by atoms with Crippen LogP contribution in [0, 0.1) is 0 Å². The highest BCUT2D eigenvalue weighted by atomic mass is 16.5. The number of carbonyl (C=O) groups excluding carboxylic acids is 1. The van der Waals surface area contributed by atoms with Gasteiger partial charge in [-0.15, -0.1) is 0 Å². The topological polar surface area (TPSA) is 26.3 Å². The van der Waals surface area contributed by atoms with Crippen LogP contribution in [0.3, 0.4) is 0 Å². The number of ether oxygens (including phenoxy) is 1. The quantitative estimate of drug-likeness (QED) is 0.473. The second kappa shape index (κ2) is 9.60. The van der Waals surface area contributed by atoms with Crippen molar-refractivity contribution in [1.29, 1.82) is 0 Å². The van der Waals surface area contributed by atoms with E-state index < -0.39 is 0 Å². The van der Waals surface area contributed by atoms with E-state index in [0.29, 0.717) is 5.56 Å². The van der Waals surface area contributed by atoms with Crippen molar-refractivity contribution < 1.29 is 9.53 Å². The molecule has 0 aliphatic carbocycles. The highest BCUT2D eigenvalue weighted by Gasteiger charge is 2.03. The lowest BCUT2D eigenvalue weighted by atomic mass is 10.0. The zero-order chi connectivity index (χ0) is 13.9. The molecule has 2 heteroatoms. The third kappa shape index (κ3) is 6.42. The van der Waals surface area contributed by atoms with Gasteiger partial charge < -0.3 is 4.74 Å². The summed E-state index contributed by atoms with van der Waals surface area (Å²) in [6.45, 7) is 2.25. The van der Waals surface area contributed by atoms with Crippen LogP contribution in [0.4, 0.5) is 0 Å². The van der Waals surface area contributed by atoms with Crippen LogP contribution in [0.25, 0.3) is 0 Å². The Balaban J connectivity index is 2.18. The second-order valence-electron chi connectivity index (χ2n) is 5.06. The van der Waals surface area contributed by atoms with Gasteiger partial charge in [0.05, 0.1) is 12.7 Å². The largest absolute Gasteiger partial charge is 0.465 e. The molecular formula is C17H26O2. The number of carbonyl (C=O) groups is 1. The van der Waals surface area contributed by atoms with E-state index in [9.17, 15) is 4.79 Å². The Hall–Kier alpha value is -1.31. The summed E-state index contributed by atoms with van der Waals surface area (Å²) in [6.07, 6.45) is 10.4. The van der Waals surface area contributed by atoms with Crippen LogP contribution < -0.4 is 0 Å². The van der Waals surface area contributed by atoms with Gasteiger partial charge in [0.15, 0.2) is 0 Å². The van der Waals surface area contributed by atoms with Crippen molar-refractivity contribution in [2.24, 2.45) is 0 Å². The molecule has 0 heterocycles. The Bertz CT molecular complexity index is 354. The van der Waals surface area contributed by atoms with E-state index in [1.54, 1.807) is 0 Å². The number of hydrogen-bond donors (Lipinski definition) is 0. The summed E-state index contributed by atoms with van der Waals surface area (Å²) in [7, 11) is 1.41. The number of rotatable bonds is 9. The van der Waals surface area contributed by atoms with E-state index in [1.807, 2.05) is 24.3 Å². The summed E-state index contributed by atoms with van der Waals surface area (Å²) in [5.41, 5.74) is 1.94. The first-order chi connectivity index (χ1) is 9.27. The highest BCUT2D eigenvalue weighted by molar-refractivity contribution is 5.89. The summed E-state index contributed by atoms with van der Waals surface area (Å²) < 4.78 is 4.68. The van der Waals surface area contributed by atoms with E-state index in [1.165, 1.54) is 57.6 Å². The molecule has 0 aliphatic heterocycles. The predicted octanol–water partition coefficient (Wildman–Crippen LogP) is 4.77. The lowest BCUT2D eigenvalue weighted by Gasteiger charge is -2.04. The summed E-state index contributed by atoms with van der Waals surface area (Å²) in [5.74, 6) is -0.262. The molecule has 0 aromatic heterocycles. The fourth-order valence-corrected chi connectivity index (χ4v) is 2.21. The minimum atomic E-state index is -0.262. The summed E-state index contributed by atoms with van der Waals surface area (Å²) in [6, 6.07) is 7.76. The van der Waals surface area contributed by atoms with Crippen LogP contribution in [0.1, 0.15) is 67.8 Å². The van der Waals surface area contributed by atoms with Crippen LogP contribution in [-0.2, 0) is 11.2 Å². The number of hydrogen-bond acceptors (Lipinski definition) is 2. The summed E-state index contributed by atoms with van der Waals surface area (Å²) >= 11 is 0. The fourth-order valence-electron chi connectivity index (χ4n) is 2.21. The smallest absolute Gasteiger partial charge is 0.337 e. The number of methoxy groups -OCH3 is 1. The van der Waals surface area contributed by atoms with E-state index >= 15 is 0 Å². The van der Waals surface area contributed by atoms with Crippen LogP contribution in [-0.4, -0.2) is 13.1 Å². The Kier molecular flexibility index (Phi) is 7.95. The maximum Gasteiger partial charge on any atom is 0.337 e. The molecule has 0 N–H and O–H groups in total. The van der Waals surface area contributed by atoms with Crippen molar-refractivity contribution in [3.63, 3.8) is 0 Å². The van der Waals surface area contributed by atoms with Crippen molar-refractivity contribution in [2.45, 2.75) is 58.3 Å². The molecular weight excluding hydrogens is 236 g/mol. The van der Waals surface area contributed by atoms with E-state index in [0.717, 1.165) is 6.42 Å². The Morgan fingerprint density at radius 3 is 2.11 bits per heavy atom. The molecule has 0 fully saturated rings. The molecule has 0 unspecified atom stereocenters. The molecule has 2 nitrogen and oxygen atoms in total. The van der Waals surface area contributed by atoms with Gasteiger partial charge >= 0.3 is 5.97 Å². The number of benzene rings is 1. The molecule has 106 valence electrons. The first-order valence-corrected chi connectivity index (χ1v) is 7.45. The van der Waals surface area contributed by atoms with Crippen LogP contribution in [0.2, 0.25) is 0 Å². The van der Waals surface area contributed by atoms with Crippen molar-refractivity contribution in [3.8, 4) is 0 Å². The standard InChI is InChI=1S/C17H26O2/c1-3-4-5-6-7-8-9-10-15-11-13-16(14-12-15)17(18)19-2/h11-14H,3-10H2,1-2H3. The molecule has 0 amide bonds. The van der Waals surface area contributed by atoms with E-state index in [4.69, 9.17) is 0 Å². The van der Waals surface area contributed by atoms with Crippen molar-refractivity contribution >= 4 is 5.97 Å². The van der Waals surface area contributed by atoms with Gasteiger partial charge in [0, 0.05) is 0 Å². The normalized spacial score (nSPS) is 10.4. The van der Waals surface area contributed by atoms with Gasteiger partial charge in [-0.05, 0) is 30.5 Å². The first kappa shape index (κ1) is 15.7. The predicted molar refractivity (Wildman–Crippen MR) is 79.5 cm³/mol. The highest BCUT2D eigenvalue weighted by Crippen LogP contribution is 2.12. The second-order valence-corrected chi connectivity index (χ2v) is 5.06. The van der Waals surface area contributed by atoms with Gasteiger partial charge in [-0.25, -0.2) is 4.79 Å². The molecule has 1 aromatic rings. The van der Waals surface area contributed by atoms with Gasteiger partial charge in [0.2, 0.25) is 0 Å². The minimum absolute atomic E-state index is 0.262.